The smallest absolute Gasteiger partial charge is 0.0702 e. The Labute approximate surface area is 96.3 Å². The van der Waals surface area contributed by atoms with E-state index >= 15 is 0 Å². The van der Waals surface area contributed by atoms with Crippen LogP contribution in [-0.4, -0.2) is 28.9 Å². The maximum absolute atomic E-state index is 9.89. The molecule has 2 N–H and O–H groups in total. The zero-order valence-corrected chi connectivity index (χ0v) is 9.69. The van der Waals surface area contributed by atoms with Gasteiger partial charge in [-0.25, -0.2) is 0 Å². The molecule has 0 unspecified atom stereocenters. The first kappa shape index (κ1) is 11.4. The lowest BCUT2D eigenvalue weighted by molar-refractivity contribution is 0.0351. The molecule has 0 radical (unpaired) electrons. The molecule has 3 nitrogen and oxygen atoms in total. The van der Waals surface area contributed by atoms with Crippen LogP contribution in [0.2, 0.25) is 0 Å². The van der Waals surface area contributed by atoms with Crippen LogP contribution in [0.3, 0.4) is 0 Å². The summed E-state index contributed by atoms with van der Waals surface area (Å²) in [5.41, 5.74) is 1.54. The summed E-state index contributed by atoms with van der Waals surface area (Å²) in [5.74, 6) is 0. The molecule has 1 aliphatic heterocycles. The van der Waals surface area contributed by atoms with Crippen LogP contribution >= 0.6 is 0 Å². The largest absolute Gasteiger partial charge is 0.392 e. The molecule has 0 spiro atoms. The second-order valence-corrected chi connectivity index (χ2v) is 4.77. The summed E-state index contributed by atoms with van der Waals surface area (Å²) in [6.45, 7) is 3.67. The molecule has 0 amide bonds. The Morgan fingerprint density at radius 1 is 1.25 bits per heavy atom. The van der Waals surface area contributed by atoms with Gasteiger partial charge in [0.15, 0.2) is 0 Å². The second-order valence-electron chi connectivity index (χ2n) is 4.77. The summed E-state index contributed by atoms with van der Waals surface area (Å²) in [6, 6.07) is 7.91. The van der Waals surface area contributed by atoms with Crippen molar-refractivity contribution in [2.24, 2.45) is 0 Å². The summed E-state index contributed by atoms with van der Waals surface area (Å²) in [5, 5.41) is 19.2. The van der Waals surface area contributed by atoms with Gasteiger partial charge in [0.1, 0.15) is 0 Å². The van der Waals surface area contributed by atoms with Crippen LogP contribution < -0.4 is 4.90 Å². The Bertz CT molecular complexity index is 353. The van der Waals surface area contributed by atoms with Crippen molar-refractivity contribution in [3.05, 3.63) is 29.8 Å². The predicted molar refractivity (Wildman–Crippen MR) is 64.4 cm³/mol. The molecule has 0 aliphatic carbocycles. The summed E-state index contributed by atoms with van der Waals surface area (Å²) >= 11 is 0. The van der Waals surface area contributed by atoms with E-state index in [0.29, 0.717) is 0 Å². The molecule has 2 rings (SSSR count). The maximum atomic E-state index is 9.89. The Balaban J connectivity index is 2.14. The fourth-order valence-corrected chi connectivity index (χ4v) is 2.18. The molecule has 0 bridgehead atoms. The van der Waals surface area contributed by atoms with Crippen molar-refractivity contribution in [3.63, 3.8) is 0 Å². The molecule has 0 atom stereocenters. The highest BCUT2D eigenvalue weighted by Crippen LogP contribution is 2.28. The Morgan fingerprint density at radius 3 is 2.50 bits per heavy atom. The molecule has 1 heterocycles. The van der Waals surface area contributed by atoms with Crippen LogP contribution in [0, 0.1) is 0 Å². The van der Waals surface area contributed by atoms with Gasteiger partial charge in [-0.15, -0.1) is 0 Å². The van der Waals surface area contributed by atoms with Crippen molar-refractivity contribution in [2.75, 3.05) is 18.0 Å². The average Bonchev–Trinajstić information content (AvgIpc) is 2.29. The molecule has 1 aliphatic rings. The number of rotatable bonds is 2. The van der Waals surface area contributed by atoms with E-state index in [-0.39, 0.29) is 6.61 Å². The summed E-state index contributed by atoms with van der Waals surface area (Å²) in [6.07, 6.45) is 1.57. The molecule has 1 aromatic carbocycles. The molecule has 1 saturated heterocycles. The van der Waals surface area contributed by atoms with Crippen LogP contribution in [0.4, 0.5) is 5.69 Å². The number of aliphatic hydroxyl groups is 2. The van der Waals surface area contributed by atoms with Gasteiger partial charge in [-0.1, -0.05) is 18.2 Å². The fourth-order valence-electron chi connectivity index (χ4n) is 2.18. The van der Waals surface area contributed by atoms with E-state index < -0.39 is 5.60 Å². The molecule has 3 heteroatoms. The fraction of sp³-hybridized carbons (Fsp3) is 0.538. The van der Waals surface area contributed by atoms with Crippen molar-refractivity contribution in [3.8, 4) is 0 Å². The second kappa shape index (κ2) is 4.44. The lowest BCUT2D eigenvalue weighted by Crippen LogP contribution is -2.42. The minimum atomic E-state index is -0.523. The summed E-state index contributed by atoms with van der Waals surface area (Å²) < 4.78 is 0. The molecule has 0 aromatic heterocycles. The van der Waals surface area contributed by atoms with Gasteiger partial charge in [-0.05, 0) is 25.8 Å². The minimum Gasteiger partial charge on any atom is -0.392 e. The van der Waals surface area contributed by atoms with Crippen LogP contribution in [0.1, 0.15) is 25.3 Å². The first-order valence-electron chi connectivity index (χ1n) is 5.78. The van der Waals surface area contributed by atoms with Crippen LogP contribution in [0.25, 0.3) is 0 Å². The lowest BCUT2D eigenvalue weighted by atomic mass is 9.93. The highest BCUT2D eigenvalue weighted by atomic mass is 16.3. The van der Waals surface area contributed by atoms with Gasteiger partial charge >= 0.3 is 0 Å². The van der Waals surface area contributed by atoms with E-state index in [1.54, 1.807) is 0 Å². The van der Waals surface area contributed by atoms with E-state index in [0.717, 1.165) is 37.2 Å². The first-order chi connectivity index (χ1) is 7.62. The van der Waals surface area contributed by atoms with Crippen molar-refractivity contribution in [1.29, 1.82) is 0 Å². The molecule has 88 valence electrons. The van der Waals surface area contributed by atoms with Crippen LogP contribution in [0.5, 0.6) is 0 Å². The summed E-state index contributed by atoms with van der Waals surface area (Å²) in [7, 11) is 0. The van der Waals surface area contributed by atoms with Gasteiger partial charge in [-0.2, -0.15) is 0 Å². The van der Waals surface area contributed by atoms with E-state index in [1.807, 2.05) is 31.2 Å². The van der Waals surface area contributed by atoms with Gasteiger partial charge in [0, 0.05) is 24.3 Å². The number of anilines is 1. The number of hydrogen-bond donors (Lipinski definition) is 2. The predicted octanol–water partition coefficient (Wildman–Crippen LogP) is 1.53. The SMILES string of the molecule is CC1(O)CCN(c2ccccc2CO)CC1. The van der Waals surface area contributed by atoms with Gasteiger partial charge < -0.3 is 15.1 Å². The van der Waals surface area contributed by atoms with Crippen molar-refractivity contribution in [1.82, 2.24) is 0 Å². The van der Waals surface area contributed by atoms with Gasteiger partial charge in [-0.3, -0.25) is 0 Å². The number of piperidine rings is 1. The quantitative estimate of drug-likeness (QED) is 0.796. The first-order valence-corrected chi connectivity index (χ1v) is 5.78. The molecular formula is C13H19NO2. The maximum Gasteiger partial charge on any atom is 0.0702 e. The topological polar surface area (TPSA) is 43.7 Å². The number of nitrogens with zero attached hydrogens (tertiary/aromatic N) is 1. The Morgan fingerprint density at radius 2 is 1.88 bits per heavy atom. The minimum absolute atomic E-state index is 0.0725. The number of para-hydroxylation sites is 1. The van der Waals surface area contributed by atoms with Crippen LogP contribution in [-0.2, 0) is 6.61 Å². The van der Waals surface area contributed by atoms with E-state index in [1.165, 1.54) is 0 Å². The molecule has 16 heavy (non-hydrogen) atoms. The van der Waals surface area contributed by atoms with Crippen molar-refractivity contribution in [2.45, 2.75) is 32.0 Å². The third-order valence-electron chi connectivity index (χ3n) is 3.34. The Hall–Kier alpha value is -1.06. The van der Waals surface area contributed by atoms with E-state index in [4.69, 9.17) is 0 Å². The monoisotopic (exact) mass is 221 g/mol. The van der Waals surface area contributed by atoms with Gasteiger partial charge in [0.25, 0.3) is 0 Å². The van der Waals surface area contributed by atoms with Crippen molar-refractivity contribution < 1.29 is 10.2 Å². The Kier molecular flexibility index (Phi) is 3.17. The zero-order chi connectivity index (χ0) is 11.6. The standard InChI is InChI=1S/C13H19NO2/c1-13(16)6-8-14(9-7-13)12-5-3-2-4-11(12)10-15/h2-5,15-16H,6-10H2,1H3. The molecule has 1 aromatic rings. The third kappa shape index (κ3) is 2.36. The normalized spacial score (nSPS) is 19.8. The highest BCUT2D eigenvalue weighted by Gasteiger charge is 2.27. The van der Waals surface area contributed by atoms with E-state index in [9.17, 15) is 10.2 Å². The number of aliphatic hydroxyl groups excluding tert-OH is 1. The van der Waals surface area contributed by atoms with Crippen LogP contribution in [0.15, 0.2) is 24.3 Å². The highest BCUT2D eigenvalue weighted by molar-refractivity contribution is 5.53. The molecule has 0 saturated carbocycles. The third-order valence-corrected chi connectivity index (χ3v) is 3.34. The zero-order valence-electron chi connectivity index (χ0n) is 9.69. The molecule has 1 fully saturated rings. The van der Waals surface area contributed by atoms with E-state index in [2.05, 4.69) is 4.90 Å². The number of benzene rings is 1. The van der Waals surface area contributed by atoms with Crippen molar-refractivity contribution >= 4 is 5.69 Å². The van der Waals surface area contributed by atoms with Gasteiger partial charge in [0.2, 0.25) is 0 Å². The number of hydrogen-bond acceptors (Lipinski definition) is 3. The average molecular weight is 221 g/mol. The lowest BCUT2D eigenvalue weighted by Gasteiger charge is -2.37. The van der Waals surface area contributed by atoms with Gasteiger partial charge in [0.05, 0.1) is 12.2 Å². The summed E-state index contributed by atoms with van der Waals surface area (Å²) in [4.78, 5) is 2.24. The molecular weight excluding hydrogens is 202 g/mol.